The summed E-state index contributed by atoms with van der Waals surface area (Å²) in [6.07, 6.45) is 3.28. The molecule has 18 heavy (non-hydrogen) atoms. The number of aliphatic hydroxyl groups excluding tert-OH is 1. The van der Waals surface area contributed by atoms with Crippen molar-refractivity contribution >= 4 is 0 Å². The minimum atomic E-state index is -0.411. The van der Waals surface area contributed by atoms with Crippen LogP contribution in [0.15, 0.2) is 18.5 Å². The SMILES string of the molecule is COCC1CN(CC(O)Cn2cccn2)CCO1. The summed E-state index contributed by atoms with van der Waals surface area (Å²) in [6.45, 7) is 4.14. The van der Waals surface area contributed by atoms with Crippen molar-refractivity contribution in [1.82, 2.24) is 14.7 Å². The Kier molecular flexibility index (Phi) is 5.12. The van der Waals surface area contributed by atoms with E-state index in [0.29, 0.717) is 26.3 Å². The van der Waals surface area contributed by atoms with Crippen molar-refractivity contribution in [3.63, 3.8) is 0 Å². The van der Waals surface area contributed by atoms with Gasteiger partial charge in [-0.15, -0.1) is 0 Å². The van der Waals surface area contributed by atoms with Crippen LogP contribution in [0.5, 0.6) is 0 Å². The summed E-state index contributed by atoms with van der Waals surface area (Å²) in [6, 6.07) is 1.86. The molecule has 0 aromatic carbocycles. The number of β-amino-alcohol motifs (C(OH)–C–C–N with tert-alkyl or cyclic N) is 1. The van der Waals surface area contributed by atoms with Gasteiger partial charge in [0.2, 0.25) is 0 Å². The molecule has 1 N–H and O–H groups in total. The smallest absolute Gasteiger partial charge is 0.0935 e. The van der Waals surface area contributed by atoms with E-state index in [1.165, 1.54) is 0 Å². The fourth-order valence-corrected chi connectivity index (χ4v) is 2.21. The highest BCUT2D eigenvalue weighted by molar-refractivity contribution is 4.79. The number of nitrogens with zero attached hydrogens (tertiary/aromatic N) is 3. The molecule has 1 aromatic heterocycles. The summed E-state index contributed by atoms with van der Waals surface area (Å²) >= 11 is 0. The number of aliphatic hydroxyl groups is 1. The van der Waals surface area contributed by atoms with Crippen LogP contribution < -0.4 is 0 Å². The van der Waals surface area contributed by atoms with E-state index in [0.717, 1.165) is 13.1 Å². The van der Waals surface area contributed by atoms with Gasteiger partial charge in [0.1, 0.15) is 0 Å². The zero-order chi connectivity index (χ0) is 12.8. The van der Waals surface area contributed by atoms with Gasteiger partial charge in [-0.3, -0.25) is 9.58 Å². The van der Waals surface area contributed by atoms with Crippen molar-refractivity contribution in [2.45, 2.75) is 18.8 Å². The average Bonchev–Trinajstić information content (AvgIpc) is 2.82. The first-order chi connectivity index (χ1) is 8.78. The standard InChI is InChI=1S/C12H21N3O3/c1-17-10-12-9-14(5-6-18-12)7-11(16)8-15-4-2-3-13-15/h2-4,11-12,16H,5-10H2,1H3. The van der Waals surface area contributed by atoms with E-state index in [1.54, 1.807) is 18.0 Å². The van der Waals surface area contributed by atoms with Crippen molar-refractivity contribution in [3.8, 4) is 0 Å². The molecule has 0 radical (unpaired) electrons. The Morgan fingerprint density at radius 2 is 2.44 bits per heavy atom. The third-order valence-corrected chi connectivity index (χ3v) is 3.00. The lowest BCUT2D eigenvalue weighted by atomic mass is 10.2. The third kappa shape index (κ3) is 4.06. The quantitative estimate of drug-likeness (QED) is 0.749. The molecule has 1 aliphatic heterocycles. The van der Waals surface area contributed by atoms with E-state index in [1.807, 2.05) is 12.3 Å². The predicted octanol–water partition coefficient (Wildman–Crippen LogP) is -0.409. The van der Waals surface area contributed by atoms with Crippen molar-refractivity contribution in [2.24, 2.45) is 0 Å². The van der Waals surface area contributed by atoms with Crippen molar-refractivity contribution in [3.05, 3.63) is 18.5 Å². The molecule has 2 rings (SSSR count). The van der Waals surface area contributed by atoms with Gasteiger partial charge in [0.15, 0.2) is 0 Å². The molecule has 1 saturated heterocycles. The molecule has 6 heteroatoms. The molecule has 102 valence electrons. The first-order valence-corrected chi connectivity index (χ1v) is 6.26. The van der Waals surface area contributed by atoms with Crippen LogP contribution in [-0.2, 0) is 16.0 Å². The minimum Gasteiger partial charge on any atom is -0.390 e. The minimum absolute atomic E-state index is 0.112. The van der Waals surface area contributed by atoms with Gasteiger partial charge in [-0.1, -0.05) is 0 Å². The molecular weight excluding hydrogens is 234 g/mol. The highest BCUT2D eigenvalue weighted by Crippen LogP contribution is 2.07. The van der Waals surface area contributed by atoms with Gasteiger partial charge in [-0.25, -0.2) is 0 Å². The van der Waals surface area contributed by atoms with Gasteiger partial charge in [-0.2, -0.15) is 5.10 Å². The molecule has 2 unspecified atom stereocenters. The summed E-state index contributed by atoms with van der Waals surface area (Å²) in [4.78, 5) is 2.21. The van der Waals surface area contributed by atoms with E-state index in [4.69, 9.17) is 9.47 Å². The largest absolute Gasteiger partial charge is 0.390 e. The van der Waals surface area contributed by atoms with Gasteiger partial charge in [0.25, 0.3) is 0 Å². The normalized spacial score (nSPS) is 23.1. The fourth-order valence-electron chi connectivity index (χ4n) is 2.21. The molecule has 0 aliphatic carbocycles. The molecule has 2 heterocycles. The first kappa shape index (κ1) is 13.5. The average molecular weight is 255 g/mol. The van der Waals surface area contributed by atoms with E-state index in [-0.39, 0.29) is 6.10 Å². The maximum Gasteiger partial charge on any atom is 0.0935 e. The van der Waals surface area contributed by atoms with Gasteiger partial charge in [-0.05, 0) is 6.07 Å². The van der Waals surface area contributed by atoms with Crippen LogP contribution in [0.25, 0.3) is 0 Å². The number of morpholine rings is 1. The molecule has 0 bridgehead atoms. The zero-order valence-corrected chi connectivity index (χ0v) is 10.7. The van der Waals surface area contributed by atoms with E-state index in [2.05, 4.69) is 10.00 Å². The number of aromatic nitrogens is 2. The molecule has 2 atom stereocenters. The van der Waals surface area contributed by atoms with Crippen LogP contribution in [0, 0.1) is 0 Å². The Hall–Kier alpha value is -0.950. The lowest BCUT2D eigenvalue weighted by molar-refractivity contribution is -0.0696. The van der Waals surface area contributed by atoms with Gasteiger partial charge in [0, 0.05) is 39.1 Å². The Morgan fingerprint density at radius 1 is 1.56 bits per heavy atom. The molecular formula is C12H21N3O3. The van der Waals surface area contributed by atoms with Crippen molar-refractivity contribution in [2.75, 3.05) is 40.0 Å². The highest BCUT2D eigenvalue weighted by atomic mass is 16.5. The molecule has 0 amide bonds. The van der Waals surface area contributed by atoms with Gasteiger partial charge < -0.3 is 14.6 Å². The highest BCUT2D eigenvalue weighted by Gasteiger charge is 2.22. The Balaban J connectivity index is 1.74. The Labute approximate surface area is 107 Å². The van der Waals surface area contributed by atoms with E-state index < -0.39 is 6.10 Å². The van der Waals surface area contributed by atoms with Crippen LogP contribution in [-0.4, -0.2) is 72.0 Å². The van der Waals surface area contributed by atoms with Crippen molar-refractivity contribution < 1.29 is 14.6 Å². The summed E-state index contributed by atoms with van der Waals surface area (Å²) in [5.74, 6) is 0. The second-order valence-corrected chi connectivity index (χ2v) is 4.59. The molecule has 0 saturated carbocycles. The van der Waals surface area contributed by atoms with E-state index >= 15 is 0 Å². The third-order valence-electron chi connectivity index (χ3n) is 3.00. The molecule has 1 aliphatic rings. The van der Waals surface area contributed by atoms with Crippen molar-refractivity contribution in [1.29, 1.82) is 0 Å². The first-order valence-electron chi connectivity index (χ1n) is 6.26. The van der Waals surface area contributed by atoms with Crippen LogP contribution in [0.2, 0.25) is 0 Å². The number of rotatable bonds is 6. The summed E-state index contributed by atoms with van der Waals surface area (Å²) in [5, 5.41) is 14.1. The number of methoxy groups -OCH3 is 1. The Morgan fingerprint density at radius 3 is 3.17 bits per heavy atom. The monoisotopic (exact) mass is 255 g/mol. The summed E-state index contributed by atoms with van der Waals surface area (Å²) < 4.78 is 12.4. The Bertz CT molecular complexity index is 329. The van der Waals surface area contributed by atoms with Crippen LogP contribution in [0.1, 0.15) is 0 Å². The second-order valence-electron chi connectivity index (χ2n) is 4.59. The molecule has 1 aromatic rings. The lowest BCUT2D eigenvalue weighted by Crippen LogP contribution is -2.47. The van der Waals surface area contributed by atoms with Gasteiger partial charge in [0.05, 0.1) is 32.0 Å². The fraction of sp³-hybridized carbons (Fsp3) is 0.750. The summed E-state index contributed by atoms with van der Waals surface area (Å²) in [7, 11) is 1.68. The lowest BCUT2D eigenvalue weighted by Gasteiger charge is -2.33. The number of hydrogen-bond acceptors (Lipinski definition) is 5. The predicted molar refractivity (Wildman–Crippen MR) is 66.3 cm³/mol. The maximum atomic E-state index is 10.0. The second kappa shape index (κ2) is 6.84. The van der Waals surface area contributed by atoms with Crippen LogP contribution >= 0.6 is 0 Å². The molecule has 1 fully saturated rings. The molecule has 6 nitrogen and oxygen atoms in total. The maximum absolute atomic E-state index is 10.0. The van der Waals surface area contributed by atoms with Crippen LogP contribution in [0.3, 0.4) is 0 Å². The van der Waals surface area contributed by atoms with Gasteiger partial charge >= 0.3 is 0 Å². The number of ether oxygens (including phenoxy) is 2. The number of hydrogen-bond donors (Lipinski definition) is 1. The zero-order valence-electron chi connectivity index (χ0n) is 10.7. The van der Waals surface area contributed by atoms with E-state index in [9.17, 15) is 5.11 Å². The summed E-state index contributed by atoms with van der Waals surface area (Å²) in [5.41, 5.74) is 0. The van der Waals surface area contributed by atoms with Crippen LogP contribution in [0.4, 0.5) is 0 Å². The molecule has 0 spiro atoms. The topological polar surface area (TPSA) is 59.8 Å².